The highest BCUT2D eigenvalue weighted by atomic mass is 32.1. The molecule has 4 nitrogen and oxygen atoms in total. The smallest absolute Gasteiger partial charge is 0.191 e. The second kappa shape index (κ2) is 6.54. The molecule has 108 valence electrons. The van der Waals surface area contributed by atoms with Gasteiger partial charge in [-0.3, -0.25) is 4.68 Å². The Morgan fingerprint density at radius 3 is 2.76 bits per heavy atom. The number of thiophene rings is 1. The minimum Gasteiger partial charge on any atom is -0.385 e. The van der Waals surface area contributed by atoms with Gasteiger partial charge < -0.3 is 5.32 Å². The number of para-hydroxylation sites is 1. The summed E-state index contributed by atoms with van der Waals surface area (Å²) in [5, 5.41) is 9.95. The van der Waals surface area contributed by atoms with Crippen LogP contribution in [-0.4, -0.2) is 21.3 Å². The monoisotopic (exact) mass is 298 g/mol. The summed E-state index contributed by atoms with van der Waals surface area (Å²) in [4.78, 5) is 5.76. The van der Waals surface area contributed by atoms with Crippen molar-refractivity contribution in [1.82, 2.24) is 14.8 Å². The summed E-state index contributed by atoms with van der Waals surface area (Å²) in [6.07, 6.45) is 1.96. The molecule has 0 bridgehead atoms. The predicted molar refractivity (Wildman–Crippen MR) is 87.6 cm³/mol. The lowest BCUT2D eigenvalue weighted by Gasteiger charge is -2.05. The van der Waals surface area contributed by atoms with Crippen LogP contribution in [-0.2, 0) is 13.5 Å². The third-order valence-electron chi connectivity index (χ3n) is 3.27. The van der Waals surface area contributed by atoms with Crippen molar-refractivity contribution in [2.45, 2.75) is 12.8 Å². The lowest BCUT2D eigenvalue weighted by atomic mass is 10.2. The van der Waals surface area contributed by atoms with Crippen molar-refractivity contribution in [2.75, 3.05) is 11.9 Å². The highest BCUT2D eigenvalue weighted by Crippen LogP contribution is 2.21. The maximum Gasteiger partial charge on any atom is 0.191 e. The Bertz CT molecular complexity index is 674. The fraction of sp³-hybridized carbons (Fsp3) is 0.250. The normalized spacial score (nSPS) is 10.7. The number of nitrogens with zero attached hydrogens (tertiary/aromatic N) is 3. The van der Waals surface area contributed by atoms with Gasteiger partial charge in [0.1, 0.15) is 5.82 Å². The first-order valence-corrected chi connectivity index (χ1v) is 7.93. The summed E-state index contributed by atoms with van der Waals surface area (Å²) in [5.74, 6) is 1.87. The van der Waals surface area contributed by atoms with Gasteiger partial charge in [-0.2, -0.15) is 5.10 Å². The van der Waals surface area contributed by atoms with Gasteiger partial charge in [-0.25, -0.2) is 4.98 Å². The molecule has 2 aromatic heterocycles. The third kappa shape index (κ3) is 3.49. The SMILES string of the molecule is Cn1nc(-c2cccs2)nc1CCCNc1ccccc1. The Morgan fingerprint density at radius 2 is 2.00 bits per heavy atom. The molecule has 0 fully saturated rings. The first-order valence-electron chi connectivity index (χ1n) is 7.05. The van der Waals surface area contributed by atoms with Crippen LogP contribution in [0.4, 0.5) is 5.69 Å². The fourth-order valence-electron chi connectivity index (χ4n) is 2.18. The number of benzene rings is 1. The third-order valence-corrected chi connectivity index (χ3v) is 4.14. The first-order chi connectivity index (χ1) is 10.3. The summed E-state index contributed by atoms with van der Waals surface area (Å²) in [7, 11) is 1.96. The summed E-state index contributed by atoms with van der Waals surface area (Å²) in [5.41, 5.74) is 1.16. The Morgan fingerprint density at radius 1 is 1.14 bits per heavy atom. The van der Waals surface area contributed by atoms with E-state index in [0.717, 1.165) is 41.6 Å². The lowest BCUT2D eigenvalue weighted by molar-refractivity contribution is 0.680. The molecule has 2 heterocycles. The highest BCUT2D eigenvalue weighted by molar-refractivity contribution is 7.13. The van der Waals surface area contributed by atoms with Crippen molar-refractivity contribution in [3.8, 4) is 10.7 Å². The van der Waals surface area contributed by atoms with Crippen LogP contribution in [0.3, 0.4) is 0 Å². The van der Waals surface area contributed by atoms with Crippen LogP contribution in [0.5, 0.6) is 0 Å². The van der Waals surface area contributed by atoms with Gasteiger partial charge in [-0.15, -0.1) is 11.3 Å². The van der Waals surface area contributed by atoms with E-state index in [4.69, 9.17) is 0 Å². The standard InChI is InChI=1S/C16H18N4S/c1-20-15(18-16(19-20)14-9-6-12-21-14)10-5-11-17-13-7-3-2-4-8-13/h2-4,6-9,12,17H,5,10-11H2,1H3. The molecule has 1 N–H and O–H groups in total. The molecule has 0 aliphatic rings. The molecule has 0 spiro atoms. The molecule has 3 aromatic rings. The topological polar surface area (TPSA) is 42.7 Å². The largest absolute Gasteiger partial charge is 0.385 e. The van der Waals surface area contributed by atoms with Crippen LogP contribution in [0, 0.1) is 0 Å². The molecule has 3 rings (SSSR count). The molecule has 21 heavy (non-hydrogen) atoms. The van der Waals surface area contributed by atoms with Crippen LogP contribution >= 0.6 is 11.3 Å². The van der Waals surface area contributed by atoms with E-state index in [-0.39, 0.29) is 0 Å². The number of hydrogen-bond donors (Lipinski definition) is 1. The van der Waals surface area contributed by atoms with Gasteiger partial charge in [0.25, 0.3) is 0 Å². The van der Waals surface area contributed by atoms with Crippen molar-refractivity contribution in [3.05, 3.63) is 53.7 Å². The number of aryl methyl sites for hydroxylation is 2. The Labute approximate surface area is 128 Å². The molecule has 5 heteroatoms. The van der Waals surface area contributed by atoms with E-state index >= 15 is 0 Å². The van der Waals surface area contributed by atoms with Crippen LogP contribution in [0.15, 0.2) is 47.8 Å². The molecule has 0 saturated carbocycles. The van der Waals surface area contributed by atoms with Gasteiger partial charge in [-0.05, 0) is 30.0 Å². The summed E-state index contributed by atoms with van der Waals surface area (Å²) in [6.45, 7) is 0.936. The number of aromatic nitrogens is 3. The maximum atomic E-state index is 4.63. The molecule has 0 unspecified atom stereocenters. The van der Waals surface area contributed by atoms with E-state index in [1.54, 1.807) is 11.3 Å². The first kappa shape index (κ1) is 13.8. The molecular weight excluding hydrogens is 280 g/mol. The molecular formula is C16H18N4S. The van der Waals surface area contributed by atoms with Gasteiger partial charge in [0, 0.05) is 25.7 Å². The lowest BCUT2D eigenvalue weighted by Crippen LogP contribution is -2.06. The van der Waals surface area contributed by atoms with Crippen LogP contribution in [0.1, 0.15) is 12.2 Å². The zero-order valence-corrected chi connectivity index (χ0v) is 12.8. The van der Waals surface area contributed by atoms with Crippen LogP contribution in [0.2, 0.25) is 0 Å². The number of rotatable bonds is 6. The summed E-state index contributed by atoms with van der Waals surface area (Å²) in [6, 6.07) is 14.3. The van der Waals surface area contributed by atoms with E-state index in [1.165, 1.54) is 0 Å². The zero-order valence-electron chi connectivity index (χ0n) is 12.0. The van der Waals surface area contributed by atoms with Crippen molar-refractivity contribution in [2.24, 2.45) is 7.05 Å². The van der Waals surface area contributed by atoms with Gasteiger partial charge in [0.2, 0.25) is 0 Å². The van der Waals surface area contributed by atoms with Gasteiger partial charge in [0.15, 0.2) is 5.82 Å². The Hall–Kier alpha value is -2.14. The number of anilines is 1. The van der Waals surface area contributed by atoms with Crippen molar-refractivity contribution < 1.29 is 0 Å². The molecule has 0 aliphatic heterocycles. The second-order valence-electron chi connectivity index (χ2n) is 4.85. The van der Waals surface area contributed by atoms with E-state index in [1.807, 2.05) is 36.0 Å². The molecule has 0 radical (unpaired) electrons. The quantitative estimate of drug-likeness (QED) is 0.707. The van der Waals surface area contributed by atoms with E-state index < -0.39 is 0 Å². The van der Waals surface area contributed by atoms with Crippen molar-refractivity contribution in [3.63, 3.8) is 0 Å². The van der Waals surface area contributed by atoms with E-state index in [2.05, 4.69) is 39.0 Å². The number of hydrogen-bond acceptors (Lipinski definition) is 4. The minimum atomic E-state index is 0.832. The minimum absolute atomic E-state index is 0.832. The summed E-state index contributed by atoms with van der Waals surface area (Å²) >= 11 is 1.67. The molecule has 0 atom stereocenters. The average Bonchev–Trinajstić information content (AvgIpc) is 3.15. The van der Waals surface area contributed by atoms with E-state index in [0.29, 0.717) is 0 Å². The Balaban J connectivity index is 1.54. The Kier molecular flexibility index (Phi) is 4.31. The van der Waals surface area contributed by atoms with E-state index in [9.17, 15) is 0 Å². The predicted octanol–water partition coefficient (Wildman–Crippen LogP) is 3.59. The van der Waals surface area contributed by atoms with Crippen LogP contribution in [0.25, 0.3) is 10.7 Å². The molecule has 0 amide bonds. The van der Waals surface area contributed by atoms with Crippen molar-refractivity contribution >= 4 is 17.0 Å². The fourth-order valence-corrected chi connectivity index (χ4v) is 2.83. The van der Waals surface area contributed by atoms with Gasteiger partial charge in [-0.1, -0.05) is 24.3 Å². The second-order valence-corrected chi connectivity index (χ2v) is 5.80. The van der Waals surface area contributed by atoms with Gasteiger partial charge >= 0.3 is 0 Å². The van der Waals surface area contributed by atoms with Crippen LogP contribution < -0.4 is 5.32 Å². The van der Waals surface area contributed by atoms with Crippen molar-refractivity contribution in [1.29, 1.82) is 0 Å². The molecule has 1 aromatic carbocycles. The summed E-state index contributed by atoms with van der Waals surface area (Å²) < 4.78 is 1.89. The van der Waals surface area contributed by atoms with Gasteiger partial charge in [0.05, 0.1) is 4.88 Å². The number of nitrogens with one attached hydrogen (secondary N) is 1. The highest BCUT2D eigenvalue weighted by Gasteiger charge is 2.09. The molecule has 0 saturated heterocycles. The zero-order chi connectivity index (χ0) is 14.5. The maximum absolute atomic E-state index is 4.63. The molecule has 0 aliphatic carbocycles. The average molecular weight is 298 g/mol.